The third-order valence-electron chi connectivity index (χ3n) is 8.06. The van der Waals surface area contributed by atoms with Crippen molar-refractivity contribution in [1.82, 2.24) is 14.9 Å². The number of carbonyl (C=O) groups is 1. The standard InChI is InChI=1S/C32H29F7N4O4/c1-30(2,3)47-29(45)43-17-8-9-18(43)14-42(13-17)27-22-12-23(32(37,38)39)24(21-11-19(44)10-16-6-4-5-7-20(16)21)25(33)26(22)40-28(41-27)46-15-31(34,35)36/h4-7,10-12,17-18,44H,8-9,13-15H2,1-3H3/t17-,18+. The summed E-state index contributed by atoms with van der Waals surface area (Å²) in [6.45, 7) is 3.35. The summed E-state index contributed by atoms with van der Waals surface area (Å²) >= 11 is 0. The summed E-state index contributed by atoms with van der Waals surface area (Å²) in [6, 6.07) is 7.25. The van der Waals surface area contributed by atoms with Crippen molar-refractivity contribution in [3.8, 4) is 22.9 Å². The first-order chi connectivity index (χ1) is 21.9. The van der Waals surface area contributed by atoms with Gasteiger partial charge in [0.2, 0.25) is 0 Å². The highest BCUT2D eigenvalue weighted by molar-refractivity contribution is 6.02. The molecule has 1 N–H and O–H groups in total. The third-order valence-corrected chi connectivity index (χ3v) is 8.06. The van der Waals surface area contributed by atoms with Gasteiger partial charge in [0.15, 0.2) is 12.4 Å². The molecule has 2 fully saturated rings. The Morgan fingerprint density at radius 3 is 2.23 bits per heavy atom. The number of aromatic hydroxyl groups is 1. The normalized spacial score (nSPS) is 18.7. The van der Waals surface area contributed by atoms with Gasteiger partial charge in [-0.25, -0.2) is 9.18 Å². The molecule has 0 radical (unpaired) electrons. The fourth-order valence-corrected chi connectivity index (χ4v) is 6.32. The van der Waals surface area contributed by atoms with Crippen molar-refractivity contribution >= 4 is 33.6 Å². The van der Waals surface area contributed by atoms with Crippen LogP contribution < -0.4 is 9.64 Å². The van der Waals surface area contributed by atoms with Crippen molar-refractivity contribution in [3.05, 3.63) is 53.8 Å². The Kier molecular flexibility index (Phi) is 7.79. The predicted octanol–water partition coefficient (Wildman–Crippen LogP) is 7.84. The summed E-state index contributed by atoms with van der Waals surface area (Å²) in [5.41, 5.74) is -4.13. The fraction of sp³-hybridized carbons (Fsp3) is 0.406. The van der Waals surface area contributed by atoms with E-state index >= 15 is 4.39 Å². The Morgan fingerprint density at radius 1 is 0.957 bits per heavy atom. The zero-order valence-electron chi connectivity index (χ0n) is 25.3. The van der Waals surface area contributed by atoms with E-state index in [2.05, 4.69) is 9.97 Å². The summed E-state index contributed by atoms with van der Waals surface area (Å²) in [5.74, 6) is -2.19. The number of hydrogen-bond acceptors (Lipinski definition) is 7. The van der Waals surface area contributed by atoms with Crippen molar-refractivity contribution in [2.45, 2.75) is 63.7 Å². The predicted molar refractivity (Wildman–Crippen MR) is 158 cm³/mol. The maximum absolute atomic E-state index is 16.7. The number of nitrogens with zero attached hydrogens (tertiary/aromatic N) is 4. The minimum absolute atomic E-state index is 0.0302. The number of carbonyl (C=O) groups excluding carboxylic acids is 1. The molecule has 2 saturated heterocycles. The number of anilines is 1. The summed E-state index contributed by atoms with van der Waals surface area (Å²) in [6.07, 6.45) is -9.45. The average molecular weight is 667 g/mol. The Bertz CT molecular complexity index is 1860. The third kappa shape index (κ3) is 6.39. The molecular weight excluding hydrogens is 637 g/mol. The van der Waals surface area contributed by atoms with Gasteiger partial charge in [-0.15, -0.1) is 0 Å². The highest BCUT2D eigenvalue weighted by atomic mass is 19.4. The minimum atomic E-state index is -5.12. The second kappa shape index (κ2) is 11.3. The first kappa shape index (κ1) is 32.4. The van der Waals surface area contributed by atoms with Crippen molar-refractivity contribution in [2.75, 3.05) is 24.6 Å². The first-order valence-corrected chi connectivity index (χ1v) is 14.7. The van der Waals surface area contributed by atoms with Gasteiger partial charge in [-0.05, 0) is 68.1 Å². The van der Waals surface area contributed by atoms with Crippen molar-refractivity contribution in [1.29, 1.82) is 0 Å². The molecule has 0 aliphatic carbocycles. The summed E-state index contributed by atoms with van der Waals surface area (Å²) in [4.78, 5) is 24.0. The number of ether oxygens (including phenoxy) is 2. The number of piperazine rings is 1. The lowest BCUT2D eigenvalue weighted by Gasteiger charge is -2.42. The smallest absolute Gasteiger partial charge is 0.422 e. The fourth-order valence-electron chi connectivity index (χ4n) is 6.32. The minimum Gasteiger partial charge on any atom is -0.508 e. The van der Waals surface area contributed by atoms with Crippen LogP contribution in [0.25, 0.3) is 32.8 Å². The molecule has 0 unspecified atom stereocenters. The van der Waals surface area contributed by atoms with Gasteiger partial charge in [0.05, 0.1) is 17.6 Å². The lowest BCUT2D eigenvalue weighted by molar-refractivity contribution is -0.154. The van der Waals surface area contributed by atoms with E-state index in [9.17, 15) is 36.2 Å². The first-order valence-electron chi connectivity index (χ1n) is 14.7. The second-order valence-electron chi connectivity index (χ2n) is 12.6. The van der Waals surface area contributed by atoms with Crippen LogP contribution in [0.2, 0.25) is 0 Å². The average Bonchev–Trinajstić information content (AvgIpc) is 3.23. The van der Waals surface area contributed by atoms with Gasteiger partial charge in [-0.1, -0.05) is 24.3 Å². The number of alkyl halides is 6. The maximum atomic E-state index is 16.7. The van der Waals surface area contributed by atoms with Crippen LogP contribution in [0, 0.1) is 5.82 Å². The highest BCUT2D eigenvalue weighted by Crippen LogP contribution is 2.46. The van der Waals surface area contributed by atoms with Crippen LogP contribution in [0.1, 0.15) is 39.2 Å². The van der Waals surface area contributed by atoms with Crippen LogP contribution in [-0.4, -0.2) is 69.6 Å². The number of fused-ring (bicyclic) bond motifs is 4. The van der Waals surface area contributed by atoms with Gasteiger partial charge in [0.1, 0.15) is 22.7 Å². The van der Waals surface area contributed by atoms with Crippen molar-refractivity contribution in [2.24, 2.45) is 0 Å². The summed E-state index contributed by atoms with van der Waals surface area (Å²) < 4.78 is 111. The maximum Gasteiger partial charge on any atom is 0.422 e. The van der Waals surface area contributed by atoms with Crippen molar-refractivity contribution in [3.63, 3.8) is 0 Å². The molecule has 47 heavy (non-hydrogen) atoms. The molecule has 0 saturated carbocycles. The van der Waals surface area contributed by atoms with E-state index in [0.717, 1.165) is 6.07 Å². The van der Waals surface area contributed by atoms with Gasteiger partial charge < -0.3 is 19.5 Å². The zero-order chi connectivity index (χ0) is 34.1. The van der Waals surface area contributed by atoms with E-state index in [-0.39, 0.29) is 29.9 Å². The Hall–Kier alpha value is -4.56. The SMILES string of the molecule is CC(C)(C)OC(=O)N1[C@@H]2CC[C@H]1CN(c1nc(OCC(F)(F)F)nc3c(F)c(-c4cc(O)cc5ccccc45)c(C(F)(F)F)cc13)C2. The van der Waals surface area contributed by atoms with Gasteiger partial charge in [0, 0.05) is 24.0 Å². The summed E-state index contributed by atoms with van der Waals surface area (Å²) in [5, 5.41) is 10.5. The Balaban J connectivity index is 1.54. The summed E-state index contributed by atoms with van der Waals surface area (Å²) in [7, 11) is 0. The number of hydrogen-bond donors (Lipinski definition) is 1. The lowest BCUT2D eigenvalue weighted by Crippen LogP contribution is -2.57. The molecule has 2 aliphatic heterocycles. The van der Waals surface area contributed by atoms with E-state index in [1.54, 1.807) is 31.7 Å². The van der Waals surface area contributed by atoms with Crippen LogP contribution in [0.15, 0.2) is 42.5 Å². The second-order valence-corrected chi connectivity index (χ2v) is 12.6. The molecule has 4 aromatic rings. The molecular formula is C32H29F7N4O4. The van der Waals surface area contributed by atoms with Crippen molar-refractivity contribution < 1.29 is 50.1 Å². The van der Waals surface area contributed by atoms with Gasteiger partial charge >= 0.3 is 24.5 Å². The molecule has 2 bridgehead atoms. The van der Waals surface area contributed by atoms with E-state index in [4.69, 9.17) is 9.47 Å². The van der Waals surface area contributed by atoms with Crippen LogP contribution >= 0.6 is 0 Å². The highest BCUT2D eigenvalue weighted by Gasteiger charge is 2.46. The molecule has 2 aliphatic rings. The molecule has 250 valence electrons. The number of benzene rings is 3. The molecule has 2 atom stereocenters. The van der Waals surface area contributed by atoms with Gasteiger partial charge in [-0.2, -0.15) is 36.3 Å². The molecule has 6 rings (SSSR count). The zero-order valence-corrected chi connectivity index (χ0v) is 25.3. The van der Waals surface area contributed by atoms with Crippen LogP contribution in [0.3, 0.4) is 0 Å². The number of phenols is 1. The molecule has 8 nitrogen and oxygen atoms in total. The quantitative estimate of drug-likeness (QED) is 0.222. The molecule has 3 aromatic carbocycles. The van der Waals surface area contributed by atoms with E-state index in [0.29, 0.717) is 24.3 Å². The number of phenolic OH excluding ortho intramolecular Hbond substituents is 1. The van der Waals surface area contributed by atoms with E-state index in [1.165, 1.54) is 29.2 Å². The monoisotopic (exact) mass is 666 g/mol. The lowest BCUT2D eigenvalue weighted by atomic mass is 9.92. The molecule has 1 amide bonds. The van der Waals surface area contributed by atoms with E-state index < -0.39 is 82.3 Å². The van der Waals surface area contributed by atoms with Gasteiger partial charge in [-0.3, -0.25) is 4.90 Å². The van der Waals surface area contributed by atoms with Gasteiger partial charge in [0.25, 0.3) is 0 Å². The van der Waals surface area contributed by atoms with Crippen LogP contribution in [0.4, 0.5) is 41.3 Å². The number of rotatable bonds is 4. The molecule has 1 aromatic heterocycles. The number of halogens is 7. The molecule has 3 heterocycles. The Morgan fingerprint density at radius 2 is 1.62 bits per heavy atom. The molecule has 15 heteroatoms. The number of aromatic nitrogens is 2. The number of amides is 1. The molecule has 0 spiro atoms. The Labute approximate surface area is 263 Å². The topological polar surface area (TPSA) is 88.0 Å². The van der Waals surface area contributed by atoms with Crippen LogP contribution in [-0.2, 0) is 10.9 Å². The van der Waals surface area contributed by atoms with Crippen LogP contribution in [0.5, 0.6) is 11.8 Å². The van der Waals surface area contributed by atoms with E-state index in [1.807, 2.05) is 0 Å². The largest absolute Gasteiger partial charge is 0.508 e.